The molecule has 0 unspecified atom stereocenters. The molecule has 2 aromatic carbocycles. The van der Waals surface area contributed by atoms with E-state index < -0.39 is 11.8 Å². The van der Waals surface area contributed by atoms with Gasteiger partial charge in [-0.2, -0.15) is 5.10 Å². The highest BCUT2D eigenvalue weighted by molar-refractivity contribution is 6.35. The number of ether oxygens (including phenoxy) is 2. The molecule has 0 bridgehead atoms. The summed E-state index contributed by atoms with van der Waals surface area (Å²) in [4.78, 5) is 23.1. The van der Waals surface area contributed by atoms with Crippen LogP contribution in [0.15, 0.2) is 41.5 Å². The number of rotatable bonds is 8. The van der Waals surface area contributed by atoms with Crippen LogP contribution in [0.4, 0.5) is 0 Å². The number of benzene rings is 2. The van der Waals surface area contributed by atoms with Crippen LogP contribution in [0.2, 0.25) is 5.02 Å². The second-order valence-electron chi connectivity index (χ2n) is 6.26. The van der Waals surface area contributed by atoms with Crippen molar-refractivity contribution in [3.05, 3.63) is 58.1 Å². The fourth-order valence-electron chi connectivity index (χ4n) is 2.33. The van der Waals surface area contributed by atoms with Gasteiger partial charge in [0.25, 0.3) is 0 Å². The van der Waals surface area contributed by atoms with E-state index in [2.05, 4.69) is 15.8 Å². The molecule has 0 atom stereocenters. The quantitative estimate of drug-likeness (QED) is 0.392. The summed E-state index contributed by atoms with van der Waals surface area (Å²) in [5, 5.41) is 6.58. The molecule has 2 amide bonds. The van der Waals surface area contributed by atoms with Crippen LogP contribution in [0.1, 0.15) is 30.0 Å². The number of hydrogen-bond acceptors (Lipinski definition) is 5. The Morgan fingerprint density at radius 1 is 1.17 bits per heavy atom. The monoisotopic (exact) mass is 417 g/mol. The summed E-state index contributed by atoms with van der Waals surface area (Å²) in [6.45, 7) is 4.67. The largest absolute Gasteiger partial charge is 0.493 e. The molecule has 154 valence electrons. The summed E-state index contributed by atoms with van der Waals surface area (Å²) in [6.07, 6.45) is 2.10. The Bertz CT molecular complexity index is 882. The van der Waals surface area contributed by atoms with E-state index in [1.165, 1.54) is 18.9 Å². The second kappa shape index (κ2) is 11.1. The van der Waals surface area contributed by atoms with Gasteiger partial charge in [0, 0.05) is 6.54 Å². The molecule has 0 aliphatic rings. The van der Waals surface area contributed by atoms with E-state index in [4.69, 9.17) is 21.1 Å². The lowest BCUT2D eigenvalue weighted by atomic mass is 10.1. The Balaban J connectivity index is 2.04. The number of carbonyl (C=O) groups excluding carboxylic acids is 2. The number of amides is 2. The van der Waals surface area contributed by atoms with Crippen molar-refractivity contribution in [3.63, 3.8) is 0 Å². The molecular formula is C21H24ClN3O4. The van der Waals surface area contributed by atoms with Crippen LogP contribution in [0.3, 0.4) is 0 Å². The van der Waals surface area contributed by atoms with Crippen molar-refractivity contribution in [2.75, 3.05) is 13.7 Å². The molecule has 0 fully saturated rings. The van der Waals surface area contributed by atoms with E-state index >= 15 is 0 Å². The average molecular weight is 418 g/mol. The summed E-state index contributed by atoms with van der Waals surface area (Å²) in [5.74, 6) is -0.738. The molecule has 2 rings (SSSR count). The fraction of sp³-hybridized carbons (Fsp3) is 0.286. The minimum Gasteiger partial charge on any atom is -0.493 e. The summed E-state index contributed by atoms with van der Waals surface area (Å²) >= 11 is 6.34. The number of halogens is 1. The van der Waals surface area contributed by atoms with E-state index in [0.717, 1.165) is 12.0 Å². The van der Waals surface area contributed by atoms with Crippen LogP contribution in [-0.2, 0) is 16.2 Å². The van der Waals surface area contributed by atoms with Gasteiger partial charge in [-0.15, -0.1) is 0 Å². The number of hydrogen-bond donors (Lipinski definition) is 2. The lowest BCUT2D eigenvalue weighted by molar-refractivity contribution is -0.139. The Morgan fingerprint density at radius 3 is 2.55 bits per heavy atom. The normalized spacial score (nSPS) is 10.6. The molecule has 0 heterocycles. The zero-order valence-corrected chi connectivity index (χ0v) is 17.4. The highest BCUT2D eigenvalue weighted by Crippen LogP contribution is 2.36. The molecule has 2 N–H and O–H groups in total. The molecule has 2 aromatic rings. The predicted octanol–water partition coefficient (Wildman–Crippen LogP) is 3.21. The Labute approximate surface area is 175 Å². The van der Waals surface area contributed by atoms with E-state index in [1.54, 1.807) is 12.1 Å². The van der Waals surface area contributed by atoms with Crippen LogP contribution in [0, 0.1) is 6.92 Å². The maximum absolute atomic E-state index is 11.6. The van der Waals surface area contributed by atoms with Crippen molar-refractivity contribution in [1.82, 2.24) is 10.7 Å². The van der Waals surface area contributed by atoms with Crippen molar-refractivity contribution in [1.29, 1.82) is 0 Å². The molecule has 0 aliphatic heterocycles. The van der Waals surface area contributed by atoms with Gasteiger partial charge < -0.3 is 14.8 Å². The fourth-order valence-corrected chi connectivity index (χ4v) is 2.60. The average Bonchev–Trinajstić information content (AvgIpc) is 2.71. The molecule has 0 radical (unpaired) electrons. The van der Waals surface area contributed by atoms with Gasteiger partial charge in [0.15, 0.2) is 11.5 Å². The van der Waals surface area contributed by atoms with Crippen molar-refractivity contribution in [2.24, 2.45) is 5.10 Å². The molecule has 0 aromatic heterocycles. The third-order valence-corrected chi connectivity index (χ3v) is 4.16. The van der Waals surface area contributed by atoms with Gasteiger partial charge in [0.05, 0.1) is 18.3 Å². The first-order chi connectivity index (χ1) is 13.9. The Hall–Kier alpha value is -3.06. The maximum Gasteiger partial charge on any atom is 0.329 e. The summed E-state index contributed by atoms with van der Waals surface area (Å²) in [6, 6.07) is 11.3. The predicted molar refractivity (Wildman–Crippen MR) is 113 cm³/mol. The zero-order valence-electron chi connectivity index (χ0n) is 16.6. The smallest absolute Gasteiger partial charge is 0.329 e. The summed E-state index contributed by atoms with van der Waals surface area (Å²) in [7, 11) is 1.51. The molecule has 0 spiro atoms. The third kappa shape index (κ3) is 6.80. The van der Waals surface area contributed by atoms with E-state index in [9.17, 15) is 9.59 Å². The zero-order chi connectivity index (χ0) is 21.2. The first-order valence-corrected chi connectivity index (χ1v) is 9.49. The Morgan fingerprint density at radius 2 is 1.90 bits per heavy atom. The standard InChI is InChI=1S/C21H24ClN3O4/c1-4-9-23-20(26)21(27)25-24-12-16-10-17(22)19(18(11-16)28-3)29-13-15-7-5-14(2)6-8-15/h5-8,10-12H,4,9,13H2,1-3H3,(H,23,26)(H,25,27)/b24-12-. The lowest BCUT2D eigenvalue weighted by Crippen LogP contribution is -2.38. The maximum atomic E-state index is 11.6. The number of aryl methyl sites for hydroxylation is 1. The molecule has 7 nitrogen and oxygen atoms in total. The highest BCUT2D eigenvalue weighted by atomic mass is 35.5. The number of carbonyl (C=O) groups is 2. The van der Waals surface area contributed by atoms with Crippen LogP contribution >= 0.6 is 11.6 Å². The number of hydrazone groups is 1. The number of nitrogens with zero attached hydrogens (tertiary/aromatic N) is 1. The van der Waals surface area contributed by atoms with Crippen LogP contribution in [0.25, 0.3) is 0 Å². The minimum absolute atomic E-state index is 0.338. The number of methoxy groups -OCH3 is 1. The SMILES string of the molecule is CCCNC(=O)C(=O)N/N=C\c1cc(Cl)c(OCc2ccc(C)cc2)c(OC)c1. The van der Waals surface area contributed by atoms with Gasteiger partial charge in [-0.05, 0) is 36.6 Å². The van der Waals surface area contributed by atoms with Gasteiger partial charge >= 0.3 is 11.8 Å². The Kier molecular flexibility index (Phi) is 8.48. The van der Waals surface area contributed by atoms with Crippen molar-refractivity contribution >= 4 is 29.6 Å². The molecule has 0 saturated carbocycles. The van der Waals surface area contributed by atoms with Crippen LogP contribution in [-0.4, -0.2) is 31.7 Å². The van der Waals surface area contributed by atoms with E-state index in [-0.39, 0.29) is 0 Å². The van der Waals surface area contributed by atoms with Crippen molar-refractivity contribution in [2.45, 2.75) is 26.9 Å². The van der Waals surface area contributed by atoms with Crippen molar-refractivity contribution in [3.8, 4) is 11.5 Å². The first-order valence-electron chi connectivity index (χ1n) is 9.11. The van der Waals surface area contributed by atoms with Gasteiger partial charge in [-0.25, -0.2) is 5.43 Å². The van der Waals surface area contributed by atoms with Crippen LogP contribution < -0.4 is 20.2 Å². The van der Waals surface area contributed by atoms with E-state index in [1.807, 2.05) is 38.1 Å². The molecule has 8 heteroatoms. The molecule has 0 saturated heterocycles. The highest BCUT2D eigenvalue weighted by Gasteiger charge is 2.13. The van der Waals surface area contributed by atoms with Gasteiger partial charge in [-0.3, -0.25) is 9.59 Å². The minimum atomic E-state index is -0.842. The molecular weight excluding hydrogens is 394 g/mol. The molecule has 29 heavy (non-hydrogen) atoms. The lowest BCUT2D eigenvalue weighted by Gasteiger charge is -2.13. The topological polar surface area (TPSA) is 89.0 Å². The van der Waals surface area contributed by atoms with Gasteiger partial charge in [0.2, 0.25) is 0 Å². The third-order valence-electron chi connectivity index (χ3n) is 3.88. The second-order valence-corrected chi connectivity index (χ2v) is 6.67. The summed E-state index contributed by atoms with van der Waals surface area (Å²) in [5.41, 5.74) is 4.91. The van der Waals surface area contributed by atoms with Crippen LogP contribution in [0.5, 0.6) is 11.5 Å². The van der Waals surface area contributed by atoms with Gasteiger partial charge in [-0.1, -0.05) is 48.4 Å². The molecule has 0 aliphatic carbocycles. The summed E-state index contributed by atoms with van der Waals surface area (Å²) < 4.78 is 11.2. The number of nitrogens with one attached hydrogen (secondary N) is 2. The van der Waals surface area contributed by atoms with E-state index in [0.29, 0.717) is 35.2 Å². The van der Waals surface area contributed by atoms with Crippen molar-refractivity contribution < 1.29 is 19.1 Å². The first kappa shape index (κ1) is 22.2. The van der Waals surface area contributed by atoms with Gasteiger partial charge in [0.1, 0.15) is 6.61 Å².